The number of hydrogen-bond acceptors (Lipinski definition) is 5. The molecule has 1 aliphatic carbocycles. The molecule has 1 saturated carbocycles. The summed E-state index contributed by atoms with van der Waals surface area (Å²) in [5.41, 5.74) is 0.0294. The Balaban J connectivity index is 1.18. The fourth-order valence-corrected chi connectivity index (χ4v) is 3.94. The summed E-state index contributed by atoms with van der Waals surface area (Å²) in [6, 6.07) is 3.68. The maximum absolute atomic E-state index is 12.6. The molecule has 4 rings (SSSR count). The lowest BCUT2D eigenvalue weighted by Crippen LogP contribution is -2.28. The molecule has 0 bridgehead atoms. The molecule has 6 nitrogen and oxygen atoms in total. The predicted molar refractivity (Wildman–Crippen MR) is 101 cm³/mol. The Kier molecular flexibility index (Phi) is 5.21. The van der Waals surface area contributed by atoms with E-state index in [1.807, 2.05) is 17.0 Å². The summed E-state index contributed by atoms with van der Waals surface area (Å²) < 4.78 is 37.8. The minimum Gasteiger partial charge on any atom is -0.353 e. The largest absolute Gasteiger partial charge is 0.419 e. The van der Waals surface area contributed by atoms with Gasteiger partial charge in [-0.3, -0.25) is 9.78 Å². The van der Waals surface area contributed by atoms with Crippen LogP contribution in [0.2, 0.25) is 0 Å². The highest BCUT2D eigenvalue weighted by molar-refractivity contribution is 5.91. The van der Waals surface area contributed by atoms with Gasteiger partial charge >= 0.3 is 6.18 Å². The zero-order valence-electron chi connectivity index (χ0n) is 15.5. The summed E-state index contributed by atoms with van der Waals surface area (Å²) in [6.07, 6.45) is 4.70. The van der Waals surface area contributed by atoms with Crippen LogP contribution in [0.4, 0.5) is 19.1 Å². The van der Waals surface area contributed by atoms with Crippen molar-refractivity contribution in [1.82, 2.24) is 20.3 Å². The Labute approximate surface area is 165 Å². The van der Waals surface area contributed by atoms with Crippen molar-refractivity contribution < 1.29 is 18.0 Å². The van der Waals surface area contributed by atoms with Gasteiger partial charge in [0.25, 0.3) is 0 Å². The summed E-state index contributed by atoms with van der Waals surface area (Å²) in [4.78, 5) is 25.5. The van der Waals surface area contributed by atoms with Gasteiger partial charge in [-0.1, -0.05) is 6.07 Å². The molecule has 1 amide bonds. The molecule has 9 heteroatoms. The van der Waals surface area contributed by atoms with Gasteiger partial charge in [0, 0.05) is 50.5 Å². The van der Waals surface area contributed by atoms with Crippen LogP contribution in [0.5, 0.6) is 0 Å². The molecule has 2 atom stereocenters. The van der Waals surface area contributed by atoms with E-state index in [0.29, 0.717) is 30.2 Å². The number of alkyl halides is 3. The topological polar surface area (TPSA) is 71.0 Å². The first-order valence-corrected chi connectivity index (χ1v) is 9.42. The number of carbonyl (C=O) groups is 1. The number of aromatic nitrogens is 3. The first-order valence-electron chi connectivity index (χ1n) is 9.42. The van der Waals surface area contributed by atoms with Gasteiger partial charge in [-0.05, 0) is 41.9 Å². The second-order valence-electron chi connectivity index (χ2n) is 7.37. The lowest BCUT2D eigenvalue weighted by atomic mass is 10.2. The monoisotopic (exact) mass is 403 g/mol. The average molecular weight is 403 g/mol. The van der Waals surface area contributed by atoms with Crippen LogP contribution in [0.15, 0.2) is 43.0 Å². The quantitative estimate of drug-likeness (QED) is 0.751. The third-order valence-electron chi connectivity index (χ3n) is 5.51. The number of hydrogen-bond donors (Lipinski definition) is 1. The Morgan fingerprint density at radius 1 is 1.21 bits per heavy atom. The van der Waals surface area contributed by atoms with Crippen molar-refractivity contribution in [3.63, 3.8) is 0 Å². The molecule has 0 spiro atoms. The molecular formula is C20H20F3N5O. The molecule has 1 N–H and O–H groups in total. The summed E-state index contributed by atoms with van der Waals surface area (Å²) >= 11 is 0. The minimum absolute atomic E-state index is 0.139. The second-order valence-corrected chi connectivity index (χ2v) is 7.37. The first kappa shape index (κ1) is 19.4. The van der Waals surface area contributed by atoms with Gasteiger partial charge in [-0.15, -0.1) is 0 Å². The van der Waals surface area contributed by atoms with E-state index in [-0.39, 0.29) is 5.91 Å². The molecule has 2 fully saturated rings. The summed E-state index contributed by atoms with van der Waals surface area (Å²) in [5.74, 6) is 1.72. The van der Waals surface area contributed by atoms with Crippen molar-refractivity contribution in [1.29, 1.82) is 0 Å². The van der Waals surface area contributed by atoms with E-state index in [1.54, 1.807) is 18.5 Å². The van der Waals surface area contributed by atoms with Crippen LogP contribution in [-0.2, 0) is 11.0 Å². The maximum atomic E-state index is 12.6. The summed E-state index contributed by atoms with van der Waals surface area (Å²) in [6.45, 7) is 2.09. The van der Waals surface area contributed by atoms with Crippen LogP contribution in [0, 0.1) is 17.8 Å². The Hall–Kier alpha value is -2.97. The van der Waals surface area contributed by atoms with Crippen LogP contribution < -0.4 is 10.2 Å². The molecule has 1 aliphatic heterocycles. The number of amides is 1. The van der Waals surface area contributed by atoms with Crippen molar-refractivity contribution in [3.8, 4) is 0 Å². The van der Waals surface area contributed by atoms with Gasteiger partial charge in [0.05, 0.1) is 5.56 Å². The summed E-state index contributed by atoms with van der Waals surface area (Å²) in [7, 11) is 0. The summed E-state index contributed by atoms with van der Waals surface area (Å²) in [5, 5.41) is 2.89. The van der Waals surface area contributed by atoms with Gasteiger partial charge < -0.3 is 10.2 Å². The highest BCUT2D eigenvalue weighted by Gasteiger charge is 2.55. The van der Waals surface area contributed by atoms with Crippen molar-refractivity contribution >= 4 is 17.9 Å². The van der Waals surface area contributed by atoms with E-state index in [2.05, 4.69) is 20.3 Å². The SMILES string of the molecule is O=C(/C=C/c1cccnc1)NCCC1C2CN(c3ncc(C(F)(F)F)cn3)CC12. The number of nitrogens with one attached hydrogen (secondary N) is 1. The van der Waals surface area contributed by atoms with E-state index in [9.17, 15) is 18.0 Å². The number of pyridine rings is 1. The minimum atomic E-state index is -4.42. The number of carbonyl (C=O) groups excluding carboxylic acids is 1. The van der Waals surface area contributed by atoms with Crippen molar-refractivity contribution in [2.24, 2.45) is 17.8 Å². The molecule has 2 aliphatic rings. The molecule has 3 heterocycles. The second kappa shape index (κ2) is 7.81. The van der Waals surface area contributed by atoms with Gasteiger partial charge in [-0.2, -0.15) is 13.2 Å². The number of piperidine rings is 1. The number of fused-ring (bicyclic) bond motifs is 1. The van der Waals surface area contributed by atoms with Crippen LogP contribution in [0.25, 0.3) is 6.08 Å². The lowest BCUT2D eigenvalue weighted by molar-refractivity contribution is -0.138. The van der Waals surface area contributed by atoms with E-state index >= 15 is 0 Å². The van der Waals surface area contributed by atoms with E-state index in [0.717, 1.165) is 37.5 Å². The van der Waals surface area contributed by atoms with Crippen LogP contribution in [0.1, 0.15) is 17.5 Å². The highest BCUT2D eigenvalue weighted by Crippen LogP contribution is 2.53. The average Bonchev–Trinajstić information content (AvgIpc) is 3.15. The Morgan fingerprint density at radius 2 is 1.93 bits per heavy atom. The molecule has 2 aromatic rings. The third-order valence-corrected chi connectivity index (χ3v) is 5.51. The molecule has 29 heavy (non-hydrogen) atoms. The molecule has 0 aromatic carbocycles. The maximum Gasteiger partial charge on any atom is 0.419 e. The van der Waals surface area contributed by atoms with E-state index < -0.39 is 11.7 Å². The van der Waals surface area contributed by atoms with Crippen LogP contribution in [-0.4, -0.2) is 40.5 Å². The zero-order valence-corrected chi connectivity index (χ0v) is 15.5. The first-order chi connectivity index (χ1) is 13.9. The number of halogens is 3. The van der Waals surface area contributed by atoms with Gasteiger partial charge in [0.1, 0.15) is 0 Å². The Bertz CT molecular complexity index is 873. The Morgan fingerprint density at radius 3 is 2.55 bits per heavy atom. The van der Waals surface area contributed by atoms with Crippen LogP contribution >= 0.6 is 0 Å². The zero-order chi connectivity index (χ0) is 20.4. The normalized spacial score (nSPS) is 23.3. The lowest BCUT2D eigenvalue weighted by Gasteiger charge is -2.20. The highest BCUT2D eigenvalue weighted by atomic mass is 19.4. The number of nitrogens with zero attached hydrogens (tertiary/aromatic N) is 4. The molecule has 152 valence electrons. The molecule has 1 saturated heterocycles. The van der Waals surface area contributed by atoms with Gasteiger partial charge in [0.15, 0.2) is 0 Å². The van der Waals surface area contributed by atoms with Gasteiger partial charge in [0.2, 0.25) is 11.9 Å². The van der Waals surface area contributed by atoms with Gasteiger partial charge in [-0.25, -0.2) is 9.97 Å². The standard InChI is InChI=1S/C20H20F3N5O/c21-20(22,23)14-9-26-19(27-10-14)28-11-16-15(17(16)12-28)5-7-25-18(29)4-3-13-2-1-6-24-8-13/h1-4,6,8-10,15-17H,5,7,11-12H2,(H,25,29)/b4-3+. The van der Waals surface area contributed by atoms with E-state index in [4.69, 9.17) is 0 Å². The van der Waals surface area contributed by atoms with E-state index in [1.165, 1.54) is 6.08 Å². The smallest absolute Gasteiger partial charge is 0.353 e. The molecule has 0 radical (unpaired) electrons. The van der Waals surface area contributed by atoms with Crippen LogP contribution in [0.3, 0.4) is 0 Å². The predicted octanol–water partition coefficient (Wildman–Crippen LogP) is 2.79. The van der Waals surface area contributed by atoms with Crippen molar-refractivity contribution in [3.05, 3.63) is 54.1 Å². The third kappa shape index (κ3) is 4.55. The number of anilines is 1. The molecule has 2 aromatic heterocycles. The fraction of sp³-hybridized carbons (Fsp3) is 0.400. The van der Waals surface area contributed by atoms with Crippen molar-refractivity contribution in [2.75, 3.05) is 24.5 Å². The fourth-order valence-electron chi connectivity index (χ4n) is 3.94. The van der Waals surface area contributed by atoms with Crippen molar-refractivity contribution in [2.45, 2.75) is 12.6 Å². The molecular weight excluding hydrogens is 383 g/mol. The number of rotatable bonds is 6. The molecule has 2 unspecified atom stereocenters.